The zero-order chi connectivity index (χ0) is 16.9. The maximum Gasteiger partial charge on any atom is 0.232 e. The molecule has 0 spiro atoms. The normalized spacial score (nSPS) is 15.4. The largest absolute Gasteiger partial charge is 0.481 e. The Balaban J connectivity index is 1.64. The number of rotatable bonds is 5. The van der Waals surface area contributed by atoms with Gasteiger partial charge in [-0.05, 0) is 6.07 Å². The van der Waals surface area contributed by atoms with Crippen LogP contribution < -0.4 is 14.4 Å². The monoisotopic (exact) mass is 333 g/mol. The number of aromatic nitrogens is 3. The van der Waals surface area contributed by atoms with Gasteiger partial charge in [-0.2, -0.15) is 9.97 Å². The van der Waals surface area contributed by atoms with Crippen LogP contribution in [0.2, 0.25) is 0 Å². The topological polar surface area (TPSA) is 63.6 Å². The number of methoxy groups -OCH3 is 2. The van der Waals surface area contributed by atoms with Crippen LogP contribution in [0.3, 0.4) is 0 Å². The van der Waals surface area contributed by atoms with Crippen molar-refractivity contribution >= 4 is 5.95 Å². The minimum absolute atomic E-state index is 0.263. The summed E-state index contributed by atoms with van der Waals surface area (Å²) >= 11 is 0. The molecule has 128 valence electrons. The first-order valence-electron chi connectivity index (χ1n) is 7.72. The Kier molecular flexibility index (Phi) is 5.05. The summed E-state index contributed by atoms with van der Waals surface area (Å²) in [5.74, 6) is 1.26. The van der Waals surface area contributed by atoms with Gasteiger partial charge >= 0.3 is 0 Å². The van der Waals surface area contributed by atoms with E-state index < -0.39 is 0 Å². The molecule has 1 aliphatic rings. The third kappa shape index (κ3) is 3.70. The van der Waals surface area contributed by atoms with Crippen LogP contribution in [0.4, 0.5) is 10.3 Å². The molecule has 24 heavy (non-hydrogen) atoms. The zero-order valence-electron chi connectivity index (χ0n) is 13.8. The van der Waals surface area contributed by atoms with Crippen LogP contribution in [-0.4, -0.2) is 60.3 Å². The maximum atomic E-state index is 13.7. The van der Waals surface area contributed by atoms with Crippen molar-refractivity contribution in [3.05, 3.63) is 35.9 Å². The first-order valence-corrected chi connectivity index (χ1v) is 7.72. The SMILES string of the molecule is COc1cc(OC)nc(N2CCN(Cc3ccncc3F)CC2)n1. The molecule has 3 heterocycles. The first-order chi connectivity index (χ1) is 11.7. The molecule has 1 saturated heterocycles. The first kappa shape index (κ1) is 16.4. The number of hydrogen-bond donors (Lipinski definition) is 0. The van der Waals surface area contributed by atoms with E-state index >= 15 is 0 Å². The standard InChI is InChI=1S/C16H20FN5O2/c1-23-14-9-15(24-2)20-16(19-14)22-7-5-21(6-8-22)11-12-3-4-18-10-13(12)17/h3-4,9-10H,5-8,11H2,1-2H3. The average molecular weight is 333 g/mol. The average Bonchev–Trinajstić information content (AvgIpc) is 2.63. The molecular formula is C16H20FN5O2. The molecule has 0 radical (unpaired) electrons. The summed E-state index contributed by atoms with van der Waals surface area (Å²) in [4.78, 5) is 16.8. The molecule has 3 rings (SSSR count). The van der Waals surface area contributed by atoms with Crippen molar-refractivity contribution in [1.82, 2.24) is 19.9 Å². The Labute approximate surface area is 140 Å². The van der Waals surface area contributed by atoms with E-state index in [1.807, 2.05) is 0 Å². The summed E-state index contributed by atoms with van der Waals surface area (Å²) in [6, 6.07) is 3.36. The highest BCUT2D eigenvalue weighted by Gasteiger charge is 2.21. The molecule has 0 bridgehead atoms. The van der Waals surface area contributed by atoms with Crippen LogP contribution in [0.25, 0.3) is 0 Å². The van der Waals surface area contributed by atoms with E-state index in [1.165, 1.54) is 6.20 Å². The lowest BCUT2D eigenvalue weighted by molar-refractivity contribution is 0.245. The Bertz CT molecular complexity index is 670. The van der Waals surface area contributed by atoms with Gasteiger partial charge in [0.15, 0.2) is 0 Å². The van der Waals surface area contributed by atoms with Crippen LogP contribution in [0.15, 0.2) is 24.5 Å². The van der Waals surface area contributed by atoms with Crippen LogP contribution in [-0.2, 0) is 6.54 Å². The van der Waals surface area contributed by atoms with Crippen LogP contribution in [0.1, 0.15) is 5.56 Å². The zero-order valence-corrected chi connectivity index (χ0v) is 13.8. The Morgan fingerprint density at radius 1 is 1.08 bits per heavy atom. The summed E-state index contributed by atoms with van der Waals surface area (Å²) in [6.45, 7) is 3.67. The number of hydrogen-bond acceptors (Lipinski definition) is 7. The second kappa shape index (κ2) is 7.39. The van der Waals surface area contributed by atoms with E-state index in [1.54, 1.807) is 32.5 Å². The van der Waals surface area contributed by atoms with E-state index in [2.05, 4.69) is 24.8 Å². The molecule has 8 heteroatoms. The van der Waals surface area contributed by atoms with Crippen molar-refractivity contribution in [2.45, 2.75) is 6.54 Å². The quantitative estimate of drug-likeness (QED) is 0.818. The molecule has 1 fully saturated rings. The van der Waals surface area contributed by atoms with Gasteiger partial charge in [0.25, 0.3) is 0 Å². The fourth-order valence-corrected chi connectivity index (χ4v) is 2.62. The molecule has 0 aromatic carbocycles. The highest BCUT2D eigenvalue weighted by molar-refractivity contribution is 5.37. The predicted molar refractivity (Wildman–Crippen MR) is 86.8 cm³/mol. The fourth-order valence-electron chi connectivity index (χ4n) is 2.62. The van der Waals surface area contributed by atoms with Crippen molar-refractivity contribution in [1.29, 1.82) is 0 Å². The minimum atomic E-state index is -0.263. The molecule has 1 aliphatic heterocycles. The summed E-state index contributed by atoms with van der Waals surface area (Å²) in [6.07, 6.45) is 2.87. The molecule has 7 nitrogen and oxygen atoms in total. The molecule has 2 aromatic rings. The Morgan fingerprint density at radius 2 is 1.75 bits per heavy atom. The van der Waals surface area contributed by atoms with E-state index in [-0.39, 0.29) is 5.82 Å². The second-order valence-electron chi connectivity index (χ2n) is 5.48. The number of pyridine rings is 1. The molecule has 2 aromatic heterocycles. The van der Waals surface area contributed by atoms with Gasteiger partial charge in [0.1, 0.15) is 5.82 Å². The smallest absolute Gasteiger partial charge is 0.232 e. The predicted octanol–water partition coefficient (Wildman–Crippen LogP) is 1.35. The van der Waals surface area contributed by atoms with E-state index in [4.69, 9.17) is 9.47 Å². The summed E-state index contributed by atoms with van der Waals surface area (Å²) in [5, 5.41) is 0. The third-order valence-corrected chi connectivity index (χ3v) is 3.99. The highest BCUT2D eigenvalue weighted by Crippen LogP contribution is 2.21. The van der Waals surface area contributed by atoms with Gasteiger partial charge < -0.3 is 14.4 Å². The number of halogens is 1. The summed E-state index contributed by atoms with van der Waals surface area (Å²) < 4.78 is 24.1. The van der Waals surface area contributed by atoms with Crippen molar-refractivity contribution in [2.75, 3.05) is 45.3 Å². The lowest BCUT2D eigenvalue weighted by atomic mass is 10.2. The van der Waals surface area contributed by atoms with Gasteiger partial charge in [-0.1, -0.05) is 0 Å². The minimum Gasteiger partial charge on any atom is -0.481 e. The molecule has 0 aliphatic carbocycles. The number of piperazine rings is 1. The van der Waals surface area contributed by atoms with E-state index in [0.29, 0.717) is 29.8 Å². The van der Waals surface area contributed by atoms with Crippen molar-refractivity contribution in [2.24, 2.45) is 0 Å². The molecule has 0 amide bonds. The Hall–Kier alpha value is -2.48. The lowest BCUT2D eigenvalue weighted by Gasteiger charge is -2.34. The Morgan fingerprint density at radius 3 is 2.33 bits per heavy atom. The number of ether oxygens (including phenoxy) is 2. The van der Waals surface area contributed by atoms with Crippen molar-refractivity contribution in [3.8, 4) is 11.8 Å². The number of anilines is 1. The molecular weight excluding hydrogens is 313 g/mol. The van der Waals surface area contributed by atoms with Crippen LogP contribution >= 0.6 is 0 Å². The van der Waals surface area contributed by atoms with Gasteiger partial charge in [0, 0.05) is 44.5 Å². The molecule has 0 saturated carbocycles. The van der Waals surface area contributed by atoms with Gasteiger partial charge in [-0.25, -0.2) is 4.39 Å². The van der Waals surface area contributed by atoms with Crippen LogP contribution in [0, 0.1) is 5.82 Å². The van der Waals surface area contributed by atoms with Crippen molar-refractivity contribution < 1.29 is 13.9 Å². The molecule has 0 N–H and O–H groups in total. The van der Waals surface area contributed by atoms with E-state index in [0.717, 1.165) is 26.2 Å². The van der Waals surface area contributed by atoms with E-state index in [9.17, 15) is 4.39 Å². The van der Waals surface area contributed by atoms with Gasteiger partial charge in [-0.3, -0.25) is 9.88 Å². The number of nitrogens with zero attached hydrogens (tertiary/aromatic N) is 5. The highest BCUT2D eigenvalue weighted by atomic mass is 19.1. The molecule has 0 atom stereocenters. The lowest BCUT2D eigenvalue weighted by Crippen LogP contribution is -2.46. The maximum absolute atomic E-state index is 13.7. The van der Waals surface area contributed by atoms with Crippen LogP contribution in [0.5, 0.6) is 11.8 Å². The second-order valence-corrected chi connectivity index (χ2v) is 5.48. The molecule has 0 unspecified atom stereocenters. The third-order valence-electron chi connectivity index (χ3n) is 3.99. The summed E-state index contributed by atoms with van der Waals surface area (Å²) in [5.41, 5.74) is 0.665. The van der Waals surface area contributed by atoms with Gasteiger partial charge in [0.2, 0.25) is 17.7 Å². The summed E-state index contributed by atoms with van der Waals surface area (Å²) in [7, 11) is 3.12. The van der Waals surface area contributed by atoms with Gasteiger partial charge in [-0.15, -0.1) is 0 Å². The van der Waals surface area contributed by atoms with Gasteiger partial charge in [0.05, 0.1) is 26.5 Å². The van der Waals surface area contributed by atoms with Crippen molar-refractivity contribution in [3.63, 3.8) is 0 Å². The fraction of sp³-hybridized carbons (Fsp3) is 0.438.